The summed E-state index contributed by atoms with van der Waals surface area (Å²) >= 11 is 0. The normalized spacial score (nSPS) is 10.5. The maximum absolute atomic E-state index is 11.1. The van der Waals surface area contributed by atoms with Crippen molar-refractivity contribution in [2.45, 2.75) is 0 Å². The topological polar surface area (TPSA) is 74.6 Å². The summed E-state index contributed by atoms with van der Waals surface area (Å²) < 4.78 is 1.25. The van der Waals surface area contributed by atoms with Crippen LogP contribution in [0.1, 0.15) is 10.4 Å². The van der Waals surface area contributed by atoms with Crippen LogP contribution in [0.15, 0.2) is 29.3 Å². The van der Waals surface area contributed by atoms with Crippen molar-refractivity contribution in [1.82, 2.24) is 9.38 Å². The lowest BCUT2D eigenvalue weighted by molar-refractivity contribution is 0.0698. The summed E-state index contributed by atoms with van der Waals surface area (Å²) in [4.78, 5) is 24.2. The molecule has 0 aliphatic carbocycles. The lowest BCUT2D eigenvalue weighted by atomic mass is 10.2. The Morgan fingerprint density at radius 1 is 1.54 bits per heavy atom. The van der Waals surface area contributed by atoms with E-state index in [-0.39, 0.29) is 11.3 Å². The van der Waals surface area contributed by atoms with E-state index in [9.17, 15) is 9.59 Å². The summed E-state index contributed by atoms with van der Waals surface area (Å²) in [7, 11) is 0. The molecule has 0 aliphatic rings. The van der Waals surface area contributed by atoms with Crippen LogP contribution in [0.25, 0.3) is 5.52 Å². The number of carboxylic acid groups (broad SMARTS) is 1. The average molecular weight is 178 g/mol. The maximum atomic E-state index is 11.1. The summed E-state index contributed by atoms with van der Waals surface area (Å²) in [5.41, 5.74) is 0.152. The highest BCUT2D eigenvalue weighted by Crippen LogP contribution is 2.07. The molecule has 5 heteroatoms. The summed E-state index contributed by atoms with van der Waals surface area (Å²) in [5.74, 6) is -1.04. The highest BCUT2D eigenvalue weighted by Gasteiger charge is 2.08. The number of carbonyl (C=O) groups is 1. The fourth-order valence-electron chi connectivity index (χ4n) is 1.23. The highest BCUT2D eigenvalue weighted by atomic mass is 16.4. The molecule has 0 saturated heterocycles. The van der Waals surface area contributed by atoms with Crippen molar-refractivity contribution >= 4 is 11.5 Å². The Kier molecular flexibility index (Phi) is 1.45. The third-order valence-electron chi connectivity index (χ3n) is 1.82. The summed E-state index contributed by atoms with van der Waals surface area (Å²) in [5, 5.41) is 8.76. The molecule has 0 bridgehead atoms. The lowest BCUT2D eigenvalue weighted by Crippen LogP contribution is -2.10. The number of nitrogens with one attached hydrogen (secondary N) is 1. The number of carboxylic acids is 1. The minimum absolute atomic E-state index is 0.112. The van der Waals surface area contributed by atoms with E-state index >= 15 is 0 Å². The SMILES string of the molecule is O=C(O)c1cccn2c(=O)[nH]cc12. The van der Waals surface area contributed by atoms with E-state index < -0.39 is 5.97 Å². The predicted molar refractivity (Wildman–Crippen MR) is 45.0 cm³/mol. The maximum Gasteiger partial charge on any atom is 0.337 e. The molecule has 0 saturated carbocycles. The largest absolute Gasteiger partial charge is 0.478 e. The van der Waals surface area contributed by atoms with E-state index in [4.69, 9.17) is 5.11 Å². The number of aromatic amines is 1. The smallest absolute Gasteiger partial charge is 0.337 e. The number of aromatic carboxylic acids is 1. The molecule has 0 aromatic carbocycles. The van der Waals surface area contributed by atoms with Crippen LogP contribution in [0.3, 0.4) is 0 Å². The third-order valence-corrected chi connectivity index (χ3v) is 1.82. The van der Waals surface area contributed by atoms with E-state index in [0.29, 0.717) is 5.52 Å². The number of H-pyrrole nitrogens is 1. The Morgan fingerprint density at radius 3 is 3.00 bits per heavy atom. The van der Waals surface area contributed by atoms with Crippen molar-refractivity contribution in [1.29, 1.82) is 0 Å². The van der Waals surface area contributed by atoms with Gasteiger partial charge in [0.25, 0.3) is 0 Å². The van der Waals surface area contributed by atoms with Gasteiger partial charge >= 0.3 is 11.7 Å². The van der Waals surface area contributed by atoms with Gasteiger partial charge in [-0.05, 0) is 12.1 Å². The van der Waals surface area contributed by atoms with Crippen molar-refractivity contribution in [2.24, 2.45) is 0 Å². The Balaban J connectivity index is 2.92. The quantitative estimate of drug-likeness (QED) is 0.660. The van der Waals surface area contributed by atoms with Gasteiger partial charge in [-0.2, -0.15) is 0 Å². The molecular weight excluding hydrogens is 172 g/mol. The van der Waals surface area contributed by atoms with Crippen molar-refractivity contribution in [3.05, 3.63) is 40.6 Å². The highest BCUT2D eigenvalue weighted by molar-refractivity contribution is 5.95. The molecule has 0 spiro atoms. The van der Waals surface area contributed by atoms with Gasteiger partial charge < -0.3 is 10.1 Å². The molecule has 0 aliphatic heterocycles. The Morgan fingerprint density at radius 2 is 2.31 bits per heavy atom. The van der Waals surface area contributed by atoms with Crippen LogP contribution in [0, 0.1) is 0 Å². The first-order chi connectivity index (χ1) is 6.20. The molecule has 0 atom stereocenters. The standard InChI is InChI=1S/C8H6N2O3/c11-7(12)5-2-1-3-10-6(5)4-9-8(10)13/h1-4H,(H,9,13)(H,11,12). The number of pyridine rings is 1. The zero-order valence-corrected chi connectivity index (χ0v) is 6.52. The van der Waals surface area contributed by atoms with Gasteiger partial charge in [-0.25, -0.2) is 9.59 Å². The van der Waals surface area contributed by atoms with Crippen molar-refractivity contribution < 1.29 is 9.90 Å². The van der Waals surface area contributed by atoms with Crippen LogP contribution in [0.4, 0.5) is 0 Å². The van der Waals surface area contributed by atoms with E-state index in [0.717, 1.165) is 0 Å². The average Bonchev–Trinajstić information content (AvgIpc) is 2.48. The second-order valence-corrected chi connectivity index (χ2v) is 2.58. The number of hydrogen-bond acceptors (Lipinski definition) is 2. The minimum Gasteiger partial charge on any atom is -0.478 e. The number of fused-ring (bicyclic) bond motifs is 1. The molecule has 2 rings (SSSR count). The predicted octanol–water partition coefficient (Wildman–Crippen LogP) is 0.326. The number of nitrogens with zero attached hydrogens (tertiary/aromatic N) is 1. The van der Waals surface area contributed by atoms with E-state index in [1.807, 2.05) is 0 Å². The van der Waals surface area contributed by atoms with Crippen LogP contribution >= 0.6 is 0 Å². The van der Waals surface area contributed by atoms with Crippen LogP contribution in [0.2, 0.25) is 0 Å². The van der Waals surface area contributed by atoms with Gasteiger partial charge in [0.2, 0.25) is 0 Å². The molecule has 0 unspecified atom stereocenters. The van der Waals surface area contributed by atoms with E-state index in [1.54, 1.807) is 0 Å². The van der Waals surface area contributed by atoms with Crippen molar-refractivity contribution in [3.8, 4) is 0 Å². The van der Waals surface area contributed by atoms with E-state index in [1.165, 1.54) is 28.9 Å². The Labute approximate surface area is 72.3 Å². The monoisotopic (exact) mass is 178 g/mol. The van der Waals surface area contributed by atoms with Crippen LogP contribution in [-0.4, -0.2) is 20.5 Å². The number of hydrogen-bond donors (Lipinski definition) is 2. The number of aromatic nitrogens is 2. The van der Waals surface area contributed by atoms with Gasteiger partial charge in [0.15, 0.2) is 0 Å². The van der Waals surface area contributed by atoms with Gasteiger partial charge in [0.1, 0.15) is 0 Å². The lowest BCUT2D eigenvalue weighted by Gasteiger charge is -1.96. The minimum atomic E-state index is -1.04. The number of imidazole rings is 1. The fourth-order valence-corrected chi connectivity index (χ4v) is 1.23. The molecule has 66 valence electrons. The second-order valence-electron chi connectivity index (χ2n) is 2.58. The molecule has 5 nitrogen and oxygen atoms in total. The summed E-state index contributed by atoms with van der Waals surface area (Å²) in [6.07, 6.45) is 2.90. The Bertz CT molecular complexity index is 523. The summed E-state index contributed by atoms with van der Waals surface area (Å²) in [6.45, 7) is 0. The van der Waals surface area contributed by atoms with Gasteiger partial charge in [-0.15, -0.1) is 0 Å². The molecular formula is C8H6N2O3. The van der Waals surface area contributed by atoms with E-state index in [2.05, 4.69) is 4.98 Å². The zero-order valence-electron chi connectivity index (χ0n) is 6.52. The van der Waals surface area contributed by atoms with Gasteiger partial charge in [0, 0.05) is 12.4 Å². The number of rotatable bonds is 1. The molecule has 13 heavy (non-hydrogen) atoms. The second kappa shape index (κ2) is 2.48. The third kappa shape index (κ3) is 1.01. The molecule has 0 amide bonds. The molecule has 2 aromatic heterocycles. The molecule has 0 radical (unpaired) electrons. The fraction of sp³-hybridized carbons (Fsp3) is 0. The van der Waals surface area contributed by atoms with Crippen molar-refractivity contribution in [3.63, 3.8) is 0 Å². The molecule has 2 aromatic rings. The first-order valence-corrected chi connectivity index (χ1v) is 3.62. The van der Waals surface area contributed by atoms with Crippen LogP contribution in [-0.2, 0) is 0 Å². The van der Waals surface area contributed by atoms with Crippen molar-refractivity contribution in [2.75, 3.05) is 0 Å². The first-order valence-electron chi connectivity index (χ1n) is 3.62. The van der Waals surface area contributed by atoms with Gasteiger partial charge in [-0.1, -0.05) is 0 Å². The first kappa shape index (κ1) is 7.60. The zero-order chi connectivity index (χ0) is 9.42. The van der Waals surface area contributed by atoms with Gasteiger partial charge in [-0.3, -0.25) is 4.40 Å². The van der Waals surface area contributed by atoms with Crippen LogP contribution < -0.4 is 5.69 Å². The van der Waals surface area contributed by atoms with Crippen LogP contribution in [0.5, 0.6) is 0 Å². The van der Waals surface area contributed by atoms with Gasteiger partial charge in [0.05, 0.1) is 11.1 Å². The molecule has 2 heterocycles. The Hall–Kier alpha value is -2.04. The molecule has 0 fully saturated rings. The summed E-state index contributed by atoms with van der Waals surface area (Å²) in [6, 6.07) is 2.97. The molecule has 2 N–H and O–H groups in total.